The van der Waals surface area contributed by atoms with E-state index in [4.69, 9.17) is 34.4 Å². The molecular weight excluding hydrogens is 1330 g/mol. The molecule has 29 N–H and O–H groups in total. The molecule has 41 heteroatoms. The van der Waals surface area contributed by atoms with Crippen LogP contribution in [0.2, 0.25) is 0 Å². The molecule has 1 aliphatic heterocycles. The van der Waals surface area contributed by atoms with E-state index < -0.39 is 207 Å². The third-order valence-electron chi connectivity index (χ3n) is 14.9. The summed E-state index contributed by atoms with van der Waals surface area (Å²) in [4.78, 5) is 196. The summed E-state index contributed by atoms with van der Waals surface area (Å²) >= 11 is 1.44. The average molecular weight is 1430 g/mol. The molecule has 2 rings (SSSR count). The summed E-state index contributed by atoms with van der Waals surface area (Å²) in [6.45, 7) is -0.570. The van der Waals surface area contributed by atoms with Crippen LogP contribution in [-0.2, 0) is 73.5 Å². The number of aliphatic imine (C=N–C) groups is 2. The highest BCUT2D eigenvalue weighted by atomic mass is 32.2. The van der Waals surface area contributed by atoms with Gasteiger partial charge < -0.3 is 128 Å². The van der Waals surface area contributed by atoms with Crippen molar-refractivity contribution in [3.63, 3.8) is 0 Å². The van der Waals surface area contributed by atoms with Crippen molar-refractivity contribution in [3.05, 3.63) is 35.9 Å². The highest BCUT2D eigenvalue weighted by Crippen LogP contribution is 2.21. The molecule has 1 fully saturated rings. The molecule has 0 aromatic heterocycles. The number of nitrogens with zero attached hydrogens (tertiary/aromatic N) is 3. The normalized spacial score (nSPS) is 16.5. The highest BCUT2D eigenvalue weighted by Gasteiger charge is 2.41. The lowest BCUT2D eigenvalue weighted by Gasteiger charge is -2.31. The number of likely N-dealkylation sites (tertiary alicyclic amines) is 1. The van der Waals surface area contributed by atoms with E-state index in [1.165, 1.54) is 11.8 Å². The molecule has 1 saturated heterocycles. The third kappa shape index (κ3) is 30.8. The standard InChI is InChI=1S/C58H96N20O20S/c1-28(46(88)70-34(16-17-42(85)86)49(91)73-37(25-79)45(60)87)68-51(93)36(23-31-11-6-5-7-12-31)72-52(94)39(27-81)75-54(96)43(29(2)82)77-55(97)44(30(3)83)76-50(92)33(13-8-19-65-57(61)62)71-53(95)40-15-10-21-78(40)56(98)35(14-9-20-66-58(63)64)69-41(84)24-67-48(90)38(26-80)74-47(89)32(59)18-22-99-4/h5-7,11-12,28-30,32-40,43-44,79-83H,8-10,13-27,59H2,1-4H3,(H2,60,87)(H,67,90)(H,68,93)(H,69,84)(H,70,88)(H,71,95)(H,72,94)(H,73,91)(H,74,89)(H,75,96)(H,76,92)(H,77,97)(H,85,86)(H4,61,62,65)(H4,63,64,66)/t28-,29+,30+,32-,33-,34-,35-,36-,37-,38-,39-,40-,43-,44-/m0/s1. The third-order valence-corrected chi connectivity index (χ3v) is 15.6. The molecule has 0 aliphatic carbocycles. The summed E-state index contributed by atoms with van der Waals surface area (Å²) in [5.74, 6) is -15.0. The number of carboxylic acid groups (broad SMARTS) is 1. The number of hydrogen-bond donors (Lipinski definition) is 23. The predicted octanol–water partition coefficient (Wildman–Crippen LogP) is -11.5. The fraction of sp³-hybridized carbons (Fsp3) is 0.621. The smallest absolute Gasteiger partial charge is 0.303 e. The van der Waals surface area contributed by atoms with Crippen LogP contribution in [0.1, 0.15) is 84.1 Å². The van der Waals surface area contributed by atoms with Crippen LogP contribution >= 0.6 is 11.8 Å². The van der Waals surface area contributed by atoms with Gasteiger partial charge in [0, 0.05) is 32.5 Å². The Kier molecular flexibility index (Phi) is 38.3. The van der Waals surface area contributed by atoms with Gasteiger partial charge in [-0.3, -0.25) is 77.1 Å². The van der Waals surface area contributed by atoms with Crippen molar-refractivity contribution in [3.8, 4) is 0 Å². The zero-order chi connectivity index (χ0) is 74.6. The number of benzene rings is 1. The van der Waals surface area contributed by atoms with Gasteiger partial charge in [0.05, 0.1) is 44.6 Å². The lowest BCUT2D eigenvalue weighted by molar-refractivity contribution is -0.142. The van der Waals surface area contributed by atoms with Crippen molar-refractivity contribution >= 4 is 106 Å². The van der Waals surface area contributed by atoms with Gasteiger partial charge in [0.25, 0.3) is 0 Å². The molecule has 554 valence electrons. The number of carbonyl (C=O) groups is 14. The number of hydrogen-bond acceptors (Lipinski definition) is 23. The predicted molar refractivity (Wildman–Crippen MR) is 354 cm³/mol. The number of aliphatic hydroxyl groups is 5. The summed E-state index contributed by atoms with van der Waals surface area (Å²) < 4.78 is 0. The number of carboxylic acids is 1. The van der Waals surface area contributed by atoms with Crippen molar-refractivity contribution in [1.29, 1.82) is 0 Å². The number of amides is 13. The van der Waals surface area contributed by atoms with Gasteiger partial charge in [-0.25, -0.2) is 0 Å². The van der Waals surface area contributed by atoms with Gasteiger partial charge in [0.2, 0.25) is 76.8 Å². The fourth-order valence-electron chi connectivity index (χ4n) is 9.48. The Morgan fingerprint density at radius 1 is 0.556 bits per heavy atom. The number of aliphatic carboxylic acids is 1. The van der Waals surface area contributed by atoms with Crippen molar-refractivity contribution in [2.45, 2.75) is 170 Å². The molecule has 1 aliphatic rings. The van der Waals surface area contributed by atoms with Gasteiger partial charge in [0.1, 0.15) is 66.5 Å². The van der Waals surface area contributed by atoms with Crippen molar-refractivity contribution in [2.75, 3.05) is 58.0 Å². The van der Waals surface area contributed by atoms with Crippen molar-refractivity contribution in [1.82, 2.24) is 63.4 Å². The molecule has 1 aromatic carbocycles. The van der Waals surface area contributed by atoms with Crippen LogP contribution in [0.4, 0.5) is 0 Å². The molecule has 0 saturated carbocycles. The largest absolute Gasteiger partial charge is 0.481 e. The summed E-state index contributed by atoms with van der Waals surface area (Å²) in [5, 5.41) is 86.2. The molecule has 13 amide bonds. The Balaban J connectivity index is 2.37. The zero-order valence-electron chi connectivity index (χ0n) is 55.3. The van der Waals surface area contributed by atoms with E-state index in [1.807, 2.05) is 0 Å². The number of rotatable bonds is 45. The minimum atomic E-state index is -2.02. The number of aliphatic hydroxyl groups excluding tert-OH is 5. The molecule has 1 aromatic rings. The first kappa shape index (κ1) is 85.5. The Morgan fingerprint density at radius 2 is 1.03 bits per heavy atom. The molecule has 1 heterocycles. The van der Waals surface area contributed by atoms with Gasteiger partial charge in [-0.2, -0.15) is 11.8 Å². The van der Waals surface area contributed by atoms with Crippen LogP contribution in [0, 0.1) is 0 Å². The average Bonchev–Trinajstić information content (AvgIpc) is 1.74. The number of nitrogens with one attached hydrogen (secondary N) is 11. The minimum absolute atomic E-state index is 0.000494. The number of primary amides is 1. The van der Waals surface area contributed by atoms with E-state index in [1.54, 1.807) is 36.6 Å². The maximum absolute atomic E-state index is 14.4. The highest BCUT2D eigenvalue weighted by molar-refractivity contribution is 7.98. The summed E-state index contributed by atoms with van der Waals surface area (Å²) in [7, 11) is 0. The quantitative estimate of drug-likeness (QED) is 0.0164. The van der Waals surface area contributed by atoms with E-state index >= 15 is 0 Å². The maximum Gasteiger partial charge on any atom is 0.303 e. The van der Waals surface area contributed by atoms with Gasteiger partial charge in [0.15, 0.2) is 11.9 Å². The van der Waals surface area contributed by atoms with Crippen LogP contribution in [0.25, 0.3) is 0 Å². The number of nitrogens with two attached hydrogens (primary N) is 6. The molecule has 0 unspecified atom stereocenters. The second-order valence-corrected chi connectivity index (χ2v) is 23.9. The Bertz CT molecular complexity index is 2980. The second-order valence-electron chi connectivity index (χ2n) is 22.9. The molecule has 0 spiro atoms. The summed E-state index contributed by atoms with van der Waals surface area (Å²) in [6, 6.07) is -11.1. The molecule has 0 radical (unpaired) electrons. The van der Waals surface area contributed by atoms with Crippen LogP contribution in [-0.4, -0.2) is 273 Å². The topological polar surface area (TPSA) is 677 Å². The van der Waals surface area contributed by atoms with Crippen LogP contribution in [0.5, 0.6) is 0 Å². The fourth-order valence-corrected chi connectivity index (χ4v) is 9.97. The number of guanidine groups is 2. The Hall–Kier alpha value is -9.55. The van der Waals surface area contributed by atoms with Gasteiger partial charge in [-0.05, 0) is 89.7 Å². The van der Waals surface area contributed by atoms with E-state index in [9.17, 15) is 97.8 Å². The van der Waals surface area contributed by atoms with E-state index in [0.29, 0.717) is 11.3 Å². The lowest BCUT2D eigenvalue weighted by Crippen LogP contribution is -2.63. The van der Waals surface area contributed by atoms with Crippen LogP contribution in [0.3, 0.4) is 0 Å². The molecule has 40 nitrogen and oxygen atoms in total. The first-order valence-electron chi connectivity index (χ1n) is 31.4. The van der Waals surface area contributed by atoms with Crippen LogP contribution < -0.4 is 92.9 Å². The zero-order valence-corrected chi connectivity index (χ0v) is 56.1. The van der Waals surface area contributed by atoms with E-state index in [-0.39, 0.29) is 82.9 Å². The van der Waals surface area contributed by atoms with E-state index in [2.05, 4.69) is 68.5 Å². The monoisotopic (exact) mass is 1420 g/mol. The Morgan fingerprint density at radius 3 is 1.57 bits per heavy atom. The number of carbonyl (C=O) groups excluding carboxylic acids is 13. The minimum Gasteiger partial charge on any atom is -0.481 e. The molecule has 0 bridgehead atoms. The van der Waals surface area contributed by atoms with Crippen molar-refractivity contribution in [2.24, 2.45) is 44.4 Å². The number of thioether (sulfide) groups is 1. The molecule has 99 heavy (non-hydrogen) atoms. The first-order chi connectivity index (χ1) is 46.7. The summed E-state index contributed by atoms with van der Waals surface area (Å²) in [5.41, 5.74) is 33.4. The lowest BCUT2D eigenvalue weighted by atomic mass is 10.0. The SMILES string of the molecule is CSCC[C@H](N)C(=O)N[C@@H](CO)C(=O)NCC(=O)N[C@@H](CCCN=C(N)N)C(=O)N1CCC[C@H]1C(=O)N[C@@H](CCCN=C(N)N)C(=O)N[C@H](C(=O)N[C@H](C(=O)N[C@@H](CO)C(=O)N[C@@H](Cc1ccccc1)C(=O)N[C@@H](C)C(=O)N[C@@H](CCC(=O)O)C(=O)N[C@@H](CO)C(N)=O)[C@@H](C)O)[C@@H](C)O. The second kappa shape index (κ2) is 44.4. The van der Waals surface area contributed by atoms with Gasteiger partial charge in [-0.15, -0.1) is 0 Å². The van der Waals surface area contributed by atoms with Gasteiger partial charge >= 0.3 is 5.97 Å². The van der Waals surface area contributed by atoms with Gasteiger partial charge in [-0.1, -0.05) is 30.3 Å². The molecule has 14 atom stereocenters. The summed E-state index contributed by atoms with van der Waals surface area (Å²) in [6.07, 6.45) is -2.97. The van der Waals surface area contributed by atoms with E-state index in [0.717, 1.165) is 25.7 Å². The van der Waals surface area contributed by atoms with Crippen LogP contribution in [0.15, 0.2) is 40.3 Å². The molecular formula is C58H96N20O20S. The first-order valence-corrected chi connectivity index (χ1v) is 32.8. The Labute approximate surface area is 573 Å². The maximum atomic E-state index is 14.4. The van der Waals surface area contributed by atoms with Crippen molar-refractivity contribution < 1.29 is 97.8 Å².